The van der Waals surface area contributed by atoms with Gasteiger partial charge in [-0.1, -0.05) is 19.8 Å². The number of likely N-dealkylation sites (N-methyl/N-ethyl adjacent to an activating group) is 1. The van der Waals surface area contributed by atoms with Gasteiger partial charge in [0.25, 0.3) is 0 Å². The van der Waals surface area contributed by atoms with Gasteiger partial charge in [0.05, 0.1) is 0 Å². The Bertz CT molecular complexity index is 215. The van der Waals surface area contributed by atoms with Crippen molar-refractivity contribution in [1.29, 1.82) is 0 Å². The van der Waals surface area contributed by atoms with E-state index < -0.39 is 0 Å². The minimum absolute atomic E-state index is 0.344. The fourth-order valence-corrected chi connectivity index (χ4v) is 3.49. The molecule has 0 amide bonds. The maximum Gasteiger partial charge on any atom is 0.0331 e. The van der Waals surface area contributed by atoms with Crippen LogP contribution in [0.2, 0.25) is 0 Å². The van der Waals surface area contributed by atoms with Crippen LogP contribution in [0.1, 0.15) is 58.3 Å². The van der Waals surface area contributed by atoms with E-state index >= 15 is 0 Å². The van der Waals surface area contributed by atoms with Crippen LogP contribution in [0.5, 0.6) is 0 Å². The van der Waals surface area contributed by atoms with E-state index in [9.17, 15) is 0 Å². The number of hydrogen-bond acceptors (Lipinski definition) is 2. The second-order valence-electron chi connectivity index (χ2n) is 5.98. The van der Waals surface area contributed by atoms with Gasteiger partial charge in [0, 0.05) is 18.1 Å². The van der Waals surface area contributed by atoms with Crippen LogP contribution in [0.25, 0.3) is 0 Å². The third kappa shape index (κ3) is 2.14. The van der Waals surface area contributed by atoms with Gasteiger partial charge in [-0.2, -0.15) is 0 Å². The summed E-state index contributed by atoms with van der Waals surface area (Å²) in [6.07, 6.45) is 11.0. The highest BCUT2D eigenvalue weighted by Crippen LogP contribution is 2.40. The Kier molecular flexibility index (Phi) is 3.91. The van der Waals surface area contributed by atoms with Crippen LogP contribution in [-0.4, -0.2) is 30.1 Å². The van der Waals surface area contributed by atoms with Crippen molar-refractivity contribution in [1.82, 2.24) is 4.90 Å². The Labute approximate surface area is 101 Å². The zero-order chi connectivity index (χ0) is 11.6. The Balaban J connectivity index is 1.96. The molecule has 2 saturated carbocycles. The van der Waals surface area contributed by atoms with Gasteiger partial charge in [0.2, 0.25) is 0 Å². The number of nitrogens with zero attached hydrogens (tertiary/aromatic N) is 1. The summed E-state index contributed by atoms with van der Waals surface area (Å²) in [5.41, 5.74) is 6.44. The van der Waals surface area contributed by atoms with E-state index in [4.69, 9.17) is 5.73 Å². The van der Waals surface area contributed by atoms with Crippen molar-refractivity contribution < 1.29 is 0 Å². The molecule has 0 unspecified atom stereocenters. The summed E-state index contributed by atoms with van der Waals surface area (Å²) < 4.78 is 0. The second-order valence-corrected chi connectivity index (χ2v) is 5.98. The van der Waals surface area contributed by atoms with Crippen LogP contribution in [0, 0.1) is 5.92 Å². The Hall–Kier alpha value is -0.0800. The van der Waals surface area contributed by atoms with E-state index in [0.717, 1.165) is 18.5 Å². The minimum atomic E-state index is 0.344. The van der Waals surface area contributed by atoms with E-state index in [1.165, 1.54) is 51.4 Å². The minimum Gasteiger partial charge on any atom is -0.329 e. The van der Waals surface area contributed by atoms with E-state index in [2.05, 4.69) is 18.9 Å². The van der Waals surface area contributed by atoms with Gasteiger partial charge in [0.1, 0.15) is 0 Å². The molecule has 0 aromatic carbocycles. The molecule has 16 heavy (non-hydrogen) atoms. The van der Waals surface area contributed by atoms with E-state index in [0.29, 0.717) is 5.54 Å². The zero-order valence-corrected chi connectivity index (χ0v) is 11.0. The summed E-state index contributed by atoms with van der Waals surface area (Å²) in [4.78, 5) is 2.64. The van der Waals surface area contributed by atoms with E-state index in [1.54, 1.807) is 0 Å². The molecule has 2 aliphatic rings. The van der Waals surface area contributed by atoms with Gasteiger partial charge in [-0.05, 0) is 51.5 Å². The first kappa shape index (κ1) is 12.4. The first-order valence-corrected chi connectivity index (χ1v) is 7.15. The Morgan fingerprint density at radius 2 is 1.81 bits per heavy atom. The average molecular weight is 224 g/mol. The van der Waals surface area contributed by atoms with Gasteiger partial charge in [0.15, 0.2) is 0 Å². The molecule has 2 heteroatoms. The molecule has 2 N–H and O–H groups in total. The van der Waals surface area contributed by atoms with Crippen LogP contribution in [0.4, 0.5) is 0 Å². The van der Waals surface area contributed by atoms with Crippen molar-refractivity contribution >= 4 is 0 Å². The largest absolute Gasteiger partial charge is 0.329 e. The maximum atomic E-state index is 6.10. The molecule has 2 rings (SSSR count). The number of hydrogen-bond donors (Lipinski definition) is 1. The average Bonchev–Trinajstić information content (AvgIpc) is 2.27. The fourth-order valence-electron chi connectivity index (χ4n) is 3.49. The molecular formula is C14H28N2. The first-order chi connectivity index (χ1) is 7.72. The van der Waals surface area contributed by atoms with Crippen molar-refractivity contribution in [2.75, 3.05) is 13.6 Å². The molecule has 0 spiro atoms. The van der Waals surface area contributed by atoms with Crippen molar-refractivity contribution in [2.45, 2.75) is 69.9 Å². The monoisotopic (exact) mass is 224 g/mol. The molecule has 0 saturated heterocycles. The molecule has 94 valence electrons. The molecule has 0 radical (unpaired) electrons. The number of rotatable bonds is 4. The fraction of sp³-hybridized carbons (Fsp3) is 1.00. The van der Waals surface area contributed by atoms with Gasteiger partial charge in [-0.3, -0.25) is 4.90 Å². The summed E-state index contributed by atoms with van der Waals surface area (Å²) in [5.74, 6) is 0.967. The van der Waals surface area contributed by atoms with Crippen LogP contribution in [-0.2, 0) is 0 Å². The van der Waals surface area contributed by atoms with Crippen LogP contribution >= 0.6 is 0 Å². The van der Waals surface area contributed by atoms with Crippen LogP contribution in [0.3, 0.4) is 0 Å². The van der Waals surface area contributed by atoms with Crippen molar-refractivity contribution in [3.63, 3.8) is 0 Å². The van der Waals surface area contributed by atoms with Crippen LogP contribution < -0.4 is 5.73 Å². The first-order valence-electron chi connectivity index (χ1n) is 7.15. The lowest BCUT2D eigenvalue weighted by molar-refractivity contribution is 0.00233. The van der Waals surface area contributed by atoms with E-state index in [1.807, 2.05) is 0 Å². The lowest BCUT2D eigenvalue weighted by atomic mass is 9.73. The third-order valence-corrected chi connectivity index (χ3v) is 5.36. The van der Waals surface area contributed by atoms with Crippen molar-refractivity contribution in [2.24, 2.45) is 11.7 Å². The van der Waals surface area contributed by atoms with Gasteiger partial charge < -0.3 is 5.73 Å². The smallest absolute Gasteiger partial charge is 0.0331 e. The lowest BCUT2D eigenvalue weighted by Gasteiger charge is -2.51. The highest BCUT2D eigenvalue weighted by Gasteiger charge is 2.41. The third-order valence-electron chi connectivity index (χ3n) is 5.36. The highest BCUT2D eigenvalue weighted by molar-refractivity contribution is 4.98. The molecule has 0 aromatic rings. The van der Waals surface area contributed by atoms with Gasteiger partial charge in [-0.25, -0.2) is 0 Å². The van der Waals surface area contributed by atoms with Crippen LogP contribution in [0.15, 0.2) is 0 Å². The summed E-state index contributed by atoms with van der Waals surface area (Å²) in [6, 6.07) is 0.835. The predicted molar refractivity (Wildman–Crippen MR) is 69.4 cm³/mol. The van der Waals surface area contributed by atoms with E-state index in [-0.39, 0.29) is 0 Å². The highest BCUT2D eigenvalue weighted by atomic mass is 15.2. The predicted octanol–water partition coefficient (Wildman–Crippen LogP) is 2.77. The molecule has 0 aromatic heterocycles. The Morgan fingerprint density at radius 1 is 1.19 bits per heavy atom. The molecule has 0 atom stereocenters. The second kappa shape index (κ2) is 5.05. The molecule has 0 bridgehead atoms. The van der Waals surface area contributed by atoms with Crippen molar-refractivity contribution in [3.8, 4) is 0 Å². The summed E-state index contributed by atoms with van der Waals surface area (Å²) in [6.45, 7) is 3.19. The summed E-state index contributed by atoms with van der Waals surface area (Å²) in [7, 11) is 2.32. The summed E-state index contributed by atoms with van der Waals surface area (Å²) in [5, 5.41) is 0. The molecule has 0 heterocycles. The molecule has 2 aliphatic carbocycles. The SMILES string of the molecule is CCC1CCC(CN)(N(C)C2CCC2)CC1. The number of nitrogens with two attached hydrogens (primary N) is 1. The lowest BCUT2D eigenvalue weighted by Crippen LogP contribution is -2.59. The standard InChI is InChI=1S/C14H28N2/c1-3-12-7-9-14(11-15,10-8-12)16(2)13-5-4-6-13/h12-13H,3-11,15H2,1-2H3. The molecule has 2 nitrogen and oxygen atoms in total. The van der Waals surface area contributed by atoms with Gasteiger partial charge >= 0.3 is 0 Å². The molecule has 2 fully saturated rings. The molecule has 0 aliphatic heterocycles. The maximum absolute atomic E-state index is 6.10. The Morgan fingerprint density at radius 3 is 2.19 bits per heavy atom. The topological polar surface area (TPSA) is 29.3 Å². The quantitative estimate of drug-likeness (QED) is 0.795. The normalized spacial score (nSPS) is 36.4. The zero-order valence-electron chi connectivity index (χ0n) is 11.0. The molecular weight excluding hydrogens is 196 g/mol. The van der Waals surface area contributed by atoms with Gasteiger partial charge in [-0.15, -0.1) is 0 Å². The van der Waals surface area contributed by atoms with Crippen molar-refractivity contribution in [3.05, 3.63) is 0 Å². The summed E-state index contributed by atoms with van der Waals surface area (Å²) >= 11 is 0.